The van der Waals surface area contributed by atoms with E-state index in [0.717, 1.165) is 30.6 Å². The Labute approximate surface area is 108 Å². The number of anilines is 1. The highest BCUT2D eigenvalue weighted by Gasteiger charge is 2.21. The Kier molecular flexibility index (Phi) is 4.20. The number of amides is 1. The molecule has 1 aliphatic rings. The highest BCUT2D eigenvalue weighted by molar-refractivity contribution is 5.78. The van der Waals surface area contributed by atoms with Gasteiger partial charge in [0.15, 0.2) is 0 Å². The molecule has 1 aromatic rings. The van der Waals surface area contributed by atoms with E-state index in [-0.39, 0.29) is 12.5 Å². The van der Waals surface area contributed by atoms with Gasteiger partial charge in [0.25, 0.3) is 0 Å². The highest BCUT2D eigenvalue weighted by atomic mass is 16.5. The van der Waals surface area contributed by atoms with E-state index in [4.69, 9.17) is 10.5 Å². The maximum atomic E-state index is 11.9. The average Bonchev–Trinajstić information content (AvgIpc) is 2.39. The molecule has 2 N–H and O–H groups in total. The van der Waals surface area contributed by atoms with Gasteiger partial charge in [-0.05, 0) is 30.0 Å². The molecular weight excluding hydrogens is 228 g/mol. The van der Waals surface area contributed by atoms with Gasteiger partial charge in [-0.3, -0.25) is 4.79 Å². The first-order valence-corrected chi connectivity index (χ1v) is 6.44. The van der Waals surface area contributed by atoms with Crippen molar-refractivity contribution in [3.63, 3.8) is 0 Å². The fourth-order valence-corrected chi connectivity index (χ4v) is 2.25. The van der Waals surface area contributed by atoms with Crippen LogP contribution in [0.1, 0.15) is 24.5 Å². The van der Waals surface area contributed by atoms with Crippen molar-refractivity contribution < 1.29 is 9.53 Å². The van der Waals surface area contributed by atoms with Crippen LogP contribution >= 0.6 is 0 Å². The van der Waals surface area contributed by atoms with Gasteiger partial charge in [-0.1, -0.05) is 19.1 Å². The molecule has 0 aliphatic carbocycles. The summed E-state index contributed by atoms with van der Waals surface area (Å²) in [6.45, 7) is 4.24. The van der Waals surface area contributed by atoms with Gasteiger partial charge in [0, 0.05) is 25.4 Å². The third-order valence-corrected chi connectivity index (χ3v) is 3.23. The van der Waals surface area contributed by atoms with Crippen LogP contribution in [-0.4, -0.2) is 30.6 Å². The summed E-state index contributed by atoms with van der Waals surface area (Å²) in [6.07, 6.45) is 1.77. The second-order valence-electron chi connectivity index (χ2n) is 4.60. The van der Waals surface area contributed by atoms with E-state index in [2.05, 4.69) is 0 Å². The lowest BCUT2D eigenvalue weighted by molar-refractivity contribution is -0.137. The second-order valence-corrected chi connectivity index (χ2v) is 4.60. The van der Waals surface area contributed by atoms with E-state index < -0.39 is 0 Å². The Morgan fingerprint density at radius 1 is 1.50 bits per heavy atom. The van der Waals surface area contributed by atoms with Crippen molar-refractivity contribution in [3.8, 4) is 0 Å². The minimum absolute atomic E-state index is 0.0662. The Balaban J connectivity index is 1.97. The van der Waals surface area contributed by atoms with E-state index in [1.807, 2.05) is 30.0 Å². The molecule has 0 atom stereocenters. The summed E-state index contributed by atoms with van der Waals surface area (Å²) in [6, 6.07) is 5.90. The summed E-state index contributed by atoms with van der Waals surface area (Å²) in [4.78, 5) is 13.8. The zero-order valence-corrected chi connectivity index (χ0v) is 10.8. The number of fused-ring (bicyclic) bond motifs is 1. The average molecular weight is 248 g/mol. The minimum Gasteiger partial charge on any atom is -0.398 e. The largest absolute Gasteiger partial charge is 0.398 e. The monoisotopic (exact) mass is 248 g/mol. The summed E-state index contributed by atoms with van der Waals surface area (Å²) >= 11 is 0. The van der Waals surface area contributed by atoms with Crippen LogP contribution in [0.3, 0.4) is 0 Å². The normalized spacial score (nSPS) is 14.4. The van der Waals surface area contributed by atoms with Crippen molar-refractivity contribution in [2.24, 2.45) is 0 Å². The summed E-state index contributed by atoms with van der Waals surface area (Å²) in [5.74, 6) is 0.0662. The van der Waals surface area contributed by atoms with E-state index in [9.17, 15) is 4.79 Å². The maximum Gasteiger partial charge on any atom is 0.248 e. The van der Waals surface area contributed by atoms with E-state index in [1.54, 1.807) is 0 Å². The van der Waals surface area contributed by atoms with Crippen LogP contribution in [0.5, 0.6) is 0 Å². The number of nitrogen functional groups attached to an aromatic ring is 1. The van der Waals surface area contributed by atoms with Crippen LogP contribution in [0.15, 0.2) is 18.2 Å². The molecule has 0 spiro atoms. The minimum atomic E-state index is 0.0662. The molecule has 0 saturated heterocycles. The molecule has 0 saturated carbocycles. The van der Waals surface area contributed by atoms with Crippen molar-refractivity contribution in [1.29, 1.82) is 0 Å². The molecule has 18 heavy (non-hydrogen) atoms. The van der Waals surface area contributed by atoms with E-state index >= 15 is 0 Å². The number of hydrogen-bond donors (Lipinski definition) is 1. The van der Waals surface area contributed by atoms with Crippen LogP contribution in [0.2, 0.25) is 0 Å². The van der Waals surface area contributed by atoms with Gasteiger partial charge in [-0.2, -0.15) is 0 Å². The third kappa shape index (κ3) is 2.82. The van der Waals surface area contributed by atoms with Crippen LogP contribution in [0, 0.1) is 0 Å². The van der Waals surface area contributed by atoms with Gasteiger partial charge >= 0.3 is 0 Å². The SMILES string of the molecule is CCCOCC(=O)N1CCc2c(N)cccc2C1. The Morgan fingerprint density at radius 2 is 2.33 bits per heavy atom. The van der Waals surface area contributed by atoms with Crippen molar-refractivity contribution in [2.75, 3.05) is 25.5 Å². The van der Waals surface area contributed by atoms with Crippen LogP contribution in [0.4, 0.5) is 5.69 Å². The molecule has 1 aromatic carbocycles. The standard InChI is InChI=1S/C14H20N2O2/c1-2-8-18-10-14(17)16-7-6-12-11(9-16)4-3-5-13(12)15/h3-5H,2,6-10,15H2,1H3. The van der Waals surface area contributed by atoms with Crippen LogP contribution in [-0.2, 0) is 22.5 Å². The molecule has 0 unspecified atom stereocenters. The van der Waals surface area contributed by atoms with Gasteiger partial charge in [0.1, 0.15) is 6.61 Å². The van der Waals surface area contributed by atoms with E-state index in [0.29, 0.717) is 13.2 Å². The Morgan fingerprint density at radius 3 is 3.11 bits per heavy atom. The molecule has 4 heteroatoms. The fourth-order valence-electron chi connectivity index (χ4n) is 2.25. The van der Waals surface area contributed by atoms with Crippen LogP contribution < -0.4 is 5.73 Å². The molecule has 4 nitrogen and oxygen atoms in total. The second kappa shape index (κ2) is 5.87. The van der Waals surface area contributed by atoms with Crippen molar-refractivity contribution in [3.05, 3.63) is 29.3 Å². The zero-order valence-electron chi connectivity index (χ0n) is 10.8. The molecule has 1 aliphatic heterocycles. The van der Waals surface area contributed by atoms with Gasteiger partial charge in [-0.15, -0.1) is 0 Å². The summed E-state index contributed by atoms with van der Waals surface area (Å²) < 4.78 is 5.29. The summed E-state index contributed by atoms with van der Waals surface area (Å²) in [5.41, 5.74) is 9.12. The van der Waals surface area contributed by atoms with E-state index in [1.165, 1.54) is 5.56 Å². The topological polar surface area (TPSA) is 55.6 Å². The van der Waals surface area contributed by atoms with Gasteiger partial charge in [-0.25, -0.2) is 0 Å². The highest BCUT2D eigenvalue weighted by Crippen LogP contribution is 2.23. The number of nitrogens with zero attached hydrogens (tertiary/aromatic N) is 1. The summed E-state index contributed by atoms with van der Waals surface area (Å²) in [5, 5.41) is 0. The molecule has 0 radical (unpaired) electrons. The van der Waals surface area contributed by atoms with Crippen molar-refractivity contribution >= 4 is 11.6 Å². The van der Waals surface area contributed by atoms with Gasteiger partial charge < -0.3 is 15.4 Å². The number of rotatable bonds is 4. The number of carbonyl (C=O) groups excluding carboxylic acids is 1. The predicted octanol–water partition coefficient (Wildman–Crippen LogP) is 1.58. The van der Waals surface area contributed by atoms with Gasteiger partial charge in [0.2, 0.25) is 5.91 Å². The Hall–Kier alpha value is -1.55. The number of benzene rings is 1. The number of nitrogens with two attached hydrogens (primary N) is 1. The maximum absolute atomic E-state index is 11.9. The zero-order chi connectivity index (χ0) is 13.0. The first-order valence-electron chi connectivity index (χ1n) is 6.44. The quantitative estimate of drug-likeness (QED) is 0.650. The number of hydrogen-bond acceptors (Lipinski definition) is 3. The molecular formula is C14H20N2O2. The molecule has 98 valence electrons. The van der Waals surface area contributed by atoms with Crippen molar-refractivity contribution in [2.45, 2.75) is 26.3 Å². The molecule has 0 fully saturated rings. The molecule has 1 amide bonds. The number of ether oxygens (including phenoxy) is 1. The third-order valence-electron chi connectivity index (χ3n) is 3.23. The molecule has 1 heterocycles. The fraction of sp³-hybridized carbons (Fsp3) is 0.500. The lowest BCUT2D eigenvalue weighted by Crippen LogP contribution is -2.38. The lowest BCUT2D eigenvalue weighted by Gasteiger charge is -2.29. The number of carbonyl (C=O) groups is 1. The predicted molar refractivity (Wildman–Crippen MR) is 71.1 cm³/mol. The van der Waals surface area contributed by atoms with Crippen LogP contribution in [0.25, 0.3) is 0 Å². The van der Waals surface area contributed by atoms with Gasteiger partial charge in [0.05, 0.1) is 0 Å². The first-order chi connectivity index (χ1) is 8.72. The lowest BCUT2D eigenvalue weighted by atomic mass is 9.98. The van der Waals surface area contributed by atoms with Crippen molar-refractivity contribution in [1.82, 2.24) is 4.90 Å². The smallest absolute Gasteiger partial charge is 0.248 e. The molecule has 0 aromatic heterocycles. The Bertz CT molecular complexity index is 432. The molecule has 0 bridgehead atoms. The summed E-state index contributed by atoms with van der Waals surface area (Å²) in [7, 11) is 0. The molecule has 2 rings (SSSR count). The first kappa shape index (κ1) is 12.9.